The van der Waals surface area contributed by atoms with Gasteiger partial charge in [0.15, 0.2) is 0 Å². The SMILES string of the molecule is O=C(Cc1c[nH]c2ncccc12)NCCC1=CCCCCC1. The molecule has 4 heteroatoms. The summed E-state index contributed by atoms with van der Waals surface area (Å²) in [5, 5.41) is 4.07. The van der Waals surface area contributed by atoms with Crippen LogP contribution in [0.3, 0.4) is 0 Å². The standard InChI is InChI=1S/C18H23N3O/c22-17(19-11-9-14-6-3-1-2-4-7-14)12-15-13-21-18-16(15)8-5-10-20-18/h5-6,8,10,13H,1-4,7,9,11-12H2,(H,19,22)(H,20,21). The van der Waals surface area contributed by atoms with Crippen molar-refractivity contribution in [3.05, 3.63) is 41.7 Å². The number of carbonyl (C=O) groups excluding carboxylic acids is 1. The Bertz CT molecular complexity index is 672. The highest BCUT2D eigenvalue weighted by atomic mass is 16.1. The normalized spacial score (nSPS) is 15.4. The third kappa shape index (κ3) is 3.75. The predicted molar refractivity (Wildman–Crippen MR) is 88.6 cm³/mol. The number of carbonyl (C=O) groups is 1. The molecule has 116 valence electrons. The summed E-state index contributed by atoms with van der Waals surface area (Å²) in [5.74, 6) is 0.0824. The molecule has 0 atom stereocenters. The number of aromatic amines is 1. The third-order valence-electron chi connectivity index (χ3n) is 4.29. The second-order valence-electron chi connectivity index (χ2n) is 5.95. The number of hydrogen-bond acceptors (Lipinski definition) is 2. The average Bonchev–Trinajstić information content (AvgIpc) is 2.75. The Morgan fingerprint density at radius 3 is 3.23 bits per heavy atom. The van der Waals surface area contributed by atoms with Gasteiger partial charge in [-0.2, -0.15) is 0 Å². The Labute approximate surface area is 131 Å². The fourth-order valence-corrected chi connectivity index (χ4v) is 3.07. The van der Waals surface area contributed by atoms with Gasteiger partial charge in [-0.1, -0.05) is 18.1 Å². The molecule has 1 amide bonds. The van der Waals surface area contributed by atoms with E-state index in [4.69, 9.17) is 0 Å². The van der Waals surface area contributed by atoms with Crippen molar-refractivity contribution < 1.29 is 4.79 Å². The first-order valence-corrected chi connectivity index (χ1v) is 8.18. The van der Waals surface area contributed by atoms with Crippen LogP contribution >= 0.6 is 0 Å². The lowest BCUT2D eigenvalue weighted by atomic mass is 10.1. The van der Waals surface area contributed by atoms with E-state index in [9.17, 15) is 4.79 Å². The van der Waals surface area contributed by atoms with E-state index in [1.165, 1.54) is 37.7 Å². The van der Waals surface area contributed by atoms with Crippen LogP contribution in [0.25, 0.3) is 11.0 Å². The molecule has 1 aliphatic rings. The molecule has 22 heavy (non-hydrogen) atoms. The highest BCUT2D eigenvalue weighted by Gasteiger charge is 2.09. The quantitative estimate of drug-likeness (QED) is 0.830. The Balaban J connectivity index is 1.49. The van der Waals surface area contributed by atoms with E-state index in [0.29, 0.717) is 6.42 Å². The molecular formula is C18H23N3O. The molecule has 4 nitrogen and oxygen atoms in total. The van der Waals surface area contributed by atoms with Crippen molar-refractivity contribution in [3.63, 3.8) is 0 Å². The first-order valence-electron chi connectivity index (χ1n) is 8.18. The summed E-state index contributed by atoms with van der Waals surface area (Å²) in [7, 11) is 0. The molecule has 0 aromatic carbocycles. The predicted octanol–water partition coefficient (Wildman–Crippen LogP) is 3.50. The van der Waals surface area contributed by atoms with E-state index in [1.807, 2.05) is 18.3 Å². The molecule has 2 heterocycles. The van der Waals surface area contributed by atoms with Gasteiger partial charge < -0.3 is 10.3 Å². The van der Waals surface area contributed by atoms with Crippen LogP contribution in [0.5, 0.6) is 0 Å². The van der Waals surface area contributed by atoms with Crippen LogP contribution < -0.4 is 5.32 Å². The molecule has 1 aliphatic carbocycles. The lowest BCUT2D eigenvalue weighted by Gasteiger charge is -2.07. The van der Waals surface area contributed by atoms with Crippen LogP contribution in [0.4, 0.5) is 0 Å². The second kappa shape index (κ2) is 7.25. The monoisotopic (exact) mass is 297 g/mol. The van der Waals surface area contributed by atoms with E-state index in [2.05, 4.69) is 21.4 Å². The lowest BCUT2D eigenvalue weighted by molar-refractivity contribution is -0.120. The van der Waals surface area contributed by atoms with Crippen molar-refractivity contribution in [2.45, 2.75) is 44.9 Å². The highest BCUT2D eigenvalue weighted by molar-refractivity contribution is 5.87. The Hall–Kier alpha value is -2.10. The van der Waals surface area contributed by atoms with Gasteiger partial charge in [-0.05, 0) is 49.8 Å². The maximum absolute atomic E-state index is 12.1. The van der Waals surface area contributed by atoms with Crippen LogP contribution in [0.2, 0.25) is 0 Å². The van der Waals surface area contributed by atoms with Crippen LogP contribution in [-0.2, 0) is 11.2 Å². The van der Waals surface area contributed by atoms with Crippen LogP contribution in [0.15, 0.2) is 36.2 Å². The van der Waals surface area contributed by atoms with Crippen molar-refractivity contribution >= 4 is 16.9 Å². The molecule has 0 saturated carbocycles. The summed E-state index contributed by atoms with van der Waals surface area (Å²) in [4.78, 5) is 19.5. The molecule has 2 N–H and O–H groups in total. The molecule has 0 spiro atoms. The van der Waals surface area contributed by atoms with Crippen molar-refractivity contribution in [2.24, 2.45) is 0 Å². The maximum Gasteiger partial charge on any atom is 0.224 e. The summed E-state index contributed by atoms with van der Waals surface area (Å²) in [5.41, 5.74) is 3.36. The van der Waals surface area contributed by atoms with Gasteiger partial charge in [0.25, 0.3) is 0 Å². The van der Waals surface area contributed by atoms with E-state index in [0.717, 1.165) is 29.6 Å². The van der Waals surface area contributed by atoms with E-state index >= 15 is 0 Å². The van der Waals surface area contributed by atoms with E-state index in [1.54, 1.807) is 6.20 Å². The third-order valence-corrected chi connectivity index (χ3v) is 4.29. The van der Waals surface area contributed by atoms with Gasteiger partial charge in [0.2, 0.25) is 5.91 Å². The minimum absolute atomic E-state index is 0.0824. The molecule has 2 aromatic heterocycles. The summed E-state index contributed by atoms with van der Waals surface area (Å²) in [6, 6.07) is 3.90. The number of rotatable bonds is 5. The van der Waals surface area contributed by atoms with Gasteiger partial charge in [-0.3, -0.25) is 4.79 Å². The van der Waals surface area contributed by atoms with Gasteiger partial charge in [-0.25, -0.2) is 4.98 Å². The number of pyridine rings is 1. The number of hydrogen-bond donors (Lipinski definition) is 2. The fraction of sp³-hybridized carbons (Fsp3) is 0.444. The Morgan fingerprint density at radius 1 is 1.32 bits per heavy atom. The topological polar surface area (TPSA) is 57.8 Å². The number of nitrogens with zero attached hydrogens (tertiary/aromatic N) is 1. The largest absolute Gasteiger partial charge is 0.355 e. The molecule has 0 aliphatic heterocycles. The van der Waals surface area contributed by atoms with Crippen LogP contribution in [0.1, 0.15) is 44.1 Å². The molecule has 0 saturated heterocycles. The van der Waals surface area contributed by atoms with E-state index < -0.39 is 0 Å². The zero-order valence-corrected chi connectivity index (χ0v) is 12.9. The van der Waals surface area contributed by atoms with Crippen LogP contribution in [-0.4, -0.2) is 22.4 Å². The summed E-state index contributed by atoms with van der Waals surface area (Å²) in [6.07, 6.45) is 13.7. The minimum atomic E-state index is 0.0824. The number of amides is 1. The second-order valence-corrected chi connectivity index (χ2v) is 5.95. The van der Waals surface area contributed by atoms with E-state index in [-0.39, 0.29) is 5.91 Å². The van der Waals surface area contributed by atoms with Crippen molar-refractivity contribution in [1.29, 1.82) is 0 Å². The van der Waals surface area contributed by atoms with Crippen LogP contribution in [0, 0.1) is 0 Å². The highest BCUT2D eigenvalue weighted by Crippen LogP contribution is 2.19. The zero-order chi connectivity index (χ0) is 15.2. The first-order chi connectivity index (χ1) is 10.8. The molecule has 0 radical (unpaired) electrons. The smallest absolute Gasteiger partial charge is 0.224 e. The van der Waals surface area contributed by atoms with Gasteiger partial charge in [-0.15, -0.1) is 0 Å². The van der Waals surface area contributed by atoms with Gasteiger partial charge in [0.1, 0.15) is 5.65 Å². The molecule has 3 rings (SSSR count). The fourth-order valence-electron chi connectivity index (χ4n) is 3.07. The number of aromatic nitrogens is 2. The summed E-state index contributed by atoms with van der Waals surface area (Å²) >= 11 is 0. The molecular weight excluding hydrogens is 274 g/mol. The number of nitrogens with one attached hydrogen (secondary N) is 2. The Morgan fingerprint density at radius 2 is 2.27 bits per heavy atom. The lowest BCUT2D eigenvalue weighted by Crippen LogP contribution is -2.26. The maximum atomic E-state index is 12.1. The summed E-state index contributed by atoms with van der Waals surface area (Å²) in [6.45, 7) is 0.741. The Kier molecular flexibility index (Phi) is 4.88. The molecule has 0 fully saturated rings. The van der Waals surface area contributed by atoms with Gasteiger partial charge >= 0.3 is 0 Å². The minimum Gasteiger partial charge on any atom is -0.355 e. The first kappa shape index (κ1) is 14.8. The average molecular weight is 297 g/mol. The zero-order valence-electron chi connectivity index (χ0n) is 12.9. The molecule has 0 unspecified atom stereocenters. The molecule has 0 bridgehead atoms. The van der Waals surface area contributed by atoms with Crippen molar-refractivity contribution in [2.75, 3.05) is 6.54 Å². The van der Waals surface area contributed by atoms with Gasteiger partial charge in [0.05, 0.1) is 6.42 Å². The summed E-state index contributed by atoms with van der Waals surface area (Å²) < 4.78 is 0. The van der Waals surface area contributed by atoms with Gasteiger partial charge in [0, 0.05) is 24.3 Å². The van der Waals surface area contributed by atoms with Crippen molar-refractivity contribution in [1.82, 2.24) is 15.3 Å². The number of fused-ring (bicyclic) bond motifs is 1. The number of allylic oxidation sites excluding steroid dienone is 1. The van der Waals surface area contributed by atoms with Crippen molar-refractivity contribution in [3.8, 4) is 0 Å². The number of H-pyrrole nitrogens is 1. The molecule has 2 aromatic rings.